The minimum absolute atomic E-state index is 0.00895. The average Bonchev–Trinajstić information content (AvgIpc) is 2.88. The van der Waals surface area contributed by atoms with Crippen LogP contribution in [0.4, 0.5) is 0 Å². The first-order chi connectivity index (χ1) is 8.72. The van der Waals surface area contributed by atoms with E-state index in [1.54, 1.807) is 0 Å². The molecule has 1 N–H and O–H groups in total. The van der Waals surface area contributed by atoms with Crippen LogP contribution in [0.25, 0.3) is 0 Å². The maximum Gasteiger partial charge on any atom is 0.155 e. The summed E-state index contributed by atoms with van der Waals surface area (Å²) in [6.07, 6.45) is 2.03. The smallest absolute Gasteiger partial charge is 0.155 e. The van der Waals surface area contributed by atoms with Gasteiger partial charge in [-0.15, -0.1) is 0 Å². The van der Waals surface area contributed by atoms with Crippen LogP contribution in [0, 0.1) is 6.92 Å². The zero-order valence-electron chi connectivity index (χ0n) is 10.9. The summed E-state index contributed by atoms with van der Waals surface area (Å²) in [6.45, 7) is 5.88. The van der Waals surface area contributed by atoms with E-state index in [0.717, 1.165) is 48.1 Å². The lowest BCUT2D eigenvalue weighted by atomic mass is 10.1. The first-order valence-electron chi connectivity index (χ1n) is 6.42. The van der Waals surface area contributed by atoms with Crippen LogP contribution < -0.4 is 10.1 Å². The molecule has 1 aromatic rings. The Hall–Kier alpha value is -1.22. The van der Waals surface area contributed by atoms with Crippen molar-refractivity contribution in [2.24, 2.45) is 4.99 Å². The molecule has 1 aliphatic heterocycles. The van der Waals surface area contributed by atoms with Crippen LogP contribution in [0.2, 0.25) is 5.02 Å². The molecule has 0 amide bonds. The van der Waals surface area contributed by atoms with Gasteiger partial charge in [0.25, 0.3) is 0 Å². The SMILES string of the molecule is CCCC(Oc1cccc(Cl)c1C)C1=NCCN1. The molecule has 1 unspecified atom stereocenters. The van der Waals surface area contributed by atoms with Crippen LogP contribution in [0.5, 0.6) is 5.75 Å². The van der Waals surface area contributed by atoms with Crippen molar-refractivity contribution in [3.63, 3.8) is 0 Å². The van der Waals surface area contributed by atoms with Gasteiger partial charge < -0.3 is 10.1 Å². The molecule has 1 heterocycles. The lowest BCUT2D eigenvalue weighted by Gasteiger charge is -2.20. The molecule has 0 saturated heterocycles. The number of hydrogen-bond acceptors (Lipinski definition) is 3. The molecule has 4 heteroatoms. The average molecular weight is 267 g/mol. The monoisotopic (exact) mass is 266 g/mol. The Morgan fingerprint density at radius 3 is 3.00 bits per heavy atom. The lowest BCUT2D eigenvalue weighted by Crippen LogP contribution is -2.35. The number of hydrogen-bond donors (Lipinski definition) is 1. The molecule has 0 aliphatic carbocycles. The molecular weight excluding hydrogens is 248 g/mol. The van der Waals surface area contributed by atoms with Crippen molar-refractivity contribution < 1.29 is 4.74 Å². The van der Waals surface area contributed by atoms with E-state index < -0.39 is 0 Å². The van der Waals surface area contributed by atoms with Crippen LogP contribution in [0.3, 0.4) is 0 Å². The second-order valence-corrected chi connectivity index (χ2v) is 4.86. The third-order valence-corrected chi connectivity index (χ3v) is 3.45. The van der Waals surface area contributed by atoms with Crippen molar-refractivity contribution in [2.75, 3.05) is 13.1 Å². The largest absolute Gasteiger partial charge is 0.482 e. The van der Waals surface area contributed by atoms with E-state index in [1.165, 1.54) is 0 Å². The Kier molecular flexibility index (Phi) is 4.48. The molecule has 1 atom stereocenters. The third kappa shape index (κ3) is 2.96. The Bertz CT molecular complexity index is 445. The minimum atomic E-state index is 0.00895. The van der Waals surface area contributed by atoms with Crippen LogP contribution >= 0.6 is 11.6 Å². The van der Waals surface area contributed by atoms with E-state index in [1.807, 2.05) is 25.1 Å². The molecule has 0 bridgehead atoms. The molecule has 3 nitrogen and oxygen atoms in total. The fraction of sp³-hybridized carbons (Fsp3) is 0.500. The van der Waals surface area contributed by atoms with Crippen molar-refractivity contribution >= 4 is 17.4 Å². The third-order valence-electron chi connectivity index (χ3n) is 3.04. The molecule has 0 fully saturated rings. The highest BCUT2D eigenvalue weighted by molar-refractivity contribution is 6.31. The van der Waals surface area contributed by atoms with E-state index in [0.29, 0.717) is 0 Å². The zero-order valence-corrected chi connectivity index (χ0v) is 11.6. The summed E-state index contributed by atoms with van der Waals surface area (Å²) in [5.41, 5.74) is 0.985. The molecule has 1 aliphatic rings. The number of nitrogens with zero attached hydrogens (tertiary/aromatic N) is 1. The van der Waals surface area contributed by atoms with Gasteiger partial charge in [0.15, 0.2) is 6.10 Å². The summed E-state index contributed by atoms with van der Waals surface area (Å²) in [5, 5.41) is 4.03. The predicted molar refractivity (Wildman–Crippen MR) is 75.8 cm³/mol. The number of halogens is 1. The summed E-state index contributed by atoms with van der Waals surface area (Å²) < 4.78 is 6.07. The number of nitrogens with one attached hydrogen (secondary N) is 1. The quantitative estimate of drug-likeness (QED) is 0.888. The van der Waals surface area contributed by atoms with Crippen molar-refractivity contribution in [1.29, 1.82) is 0 Å². The highest BCUT2D eigenvalue weighted by Gasteiger charge is 2.20. The number of ether oxygens (including phenoxy) is 1. The summed E-state index contributed by atoms with van der Waals surface area (Å²) in [4.78, 5) is 4.45. The Labute approximate surface area is 113 Å². The molecule has 2 rings (SSSR count). The molecule has 18 heavy (non-hydrogen) atoms. The lowest BCUT2D eigenvalue weighted by molar-refractivity contribution is 0.250. The van der Waals surface area contributed by atoms with Gasteiger partial charge in [0.2, 0.25) is 0 Å². The van der Waals surface area contributed by atoms with Gasteiger partial charge in [-0.1, -0.05) is 31.0 Å². The number of benzene rings is 1. The van der Waals surface area contributed by atoms with Crippen molar-refractivity contribution in [1.82, 2.24) is 5.32 Å². The van der Waals surface area contributed by atoms with Crippen LogP contribution in [0.1, 0.15) is 25.3 Å². The highest BCUT2D eigenvalue weighted by Crippen LogP contribution is 2.26. The number of amidine groups is 1. The summed E-state index contributed by atoms with van der Waals surface area (Å²) >= 11 is 6.11. The van der Waals surface area contributed by atoms with Crippen LogP contribution in [0.15, 0.2) is 23.2 Å². The van der Waals surface area contributed by atoms with Crippen molar-refractivity contribution in [2.45, 2.75) is 32.8 Å². The van der Waals surface area contributed by atoms with Gasteiger partial charge in [0.1, 0.15) is 11.6 Å². The van der Waals surface area contributed by atoms with Crippen LogP contribution in [-0.2, 0) is 0 Å². The first kappa shape index (κ1) is 13.2. The molecule has 98 valence electrons. The first-order valence-corrected chi connectivity index (χ1v) is 6.80. The van der Waals surface area contributed by atoms with E-state index in [2.05, 4.69) is 17.2 Å². The van der Waals surface area contributed by atoms with Gasteiger partial charge in [0.05, 0.1) is 6.54 Å². The summed E-state index contributed by atoms with van der Waals surface area (Å²) in [7, 11) is 0. The van der Waals surface area contributed by atoms with Gasteiger partial charge in [-0.3, -0.25) is 4.99 Å². The predicted octanol–water partition coefficient (Wildman–Crippen LogP) is 3.20. The molecule has 0 radical (unpaired) electrons. The Morgan fingerprint density at radius 2 is 2.33 bits per heavy atom. The minimum Gasteiger partial charge on any atom is -0.482 e. The van der Waals surface area contributed by atoms with E-state index in [4.69, 9.17) is 16.3 Å². The Balaban J connectivity index is 2.15. The van der Waals surface area contributed by atoms with Gasteiger partial charge in [-0.05, 0) is 25.5 Å². The second-order valence-electron chi connectivity index (χ2n) is 4.45. The Morgan fingerprint density at radius 1 is 1.50 bits per heavy atom. The van der Waals surface area contributed by atoms with E-state index in [9.17, 15) is 0 Å². The summed E-state index contributed by atoms with van der Waals surface area (Å²) in [6, 6.07) is 5.75. The van der Waals surface area contributed by atoms with Gasteiger partial charge in [-0.25, -0.2) is 0 Å². The van der Waals surface area contributed by atoms with E-state index in [-0.39, 0.29) is 6.10 Å². The maximum absolute atomic E-state index is 6.11. The van der Waals surface area contributed by atoms with E-state index >= 15 is 0 Å². The summed E-state index contributed by atoms with van der Waals surface area (Å²) in [5.74, 6) is 1.81. The van der Waals surface area contributed by atoms with Crippen molar-refractivity contribution in [3.8, 4) is 5.75 Å². The number of rotatable bonds is 5. The number of aliphatic imine (C=N–C) groups is 1. The maximum atomic E-state index is 6.11. The second kappa shape index (κ2) is 6.10. The van der Waals surface area contributed by atoms with Gasteiger partial charge >= 0.3 is 0 Å². The fourth-order valence-corrected chi connectivity index (χ4v) is 2.18. The molecule has 1 aromatic carbocycles. The van der Waals surface area contributed by atoms with Crippen molar-refractivity contribution in [3.05, 3.63) is 28.8 Å². The zero-order chi connectivity index (χ0) is 13.0. The van der Waals surface area contributed by atoms with Gasteiger partial charge in [0, 0.05) is 17.1 Å². The van der Waals surface area contributed by atoms with Gasteiger partial charge in [-0.2, -0.15) is 0 Å². The molecule has 0 aromatic heterocycles. The standard InChI is InChI=1S/C14H19ClN2O/c1-3-5-13(14-16-8-9-17-14)18-12-7-4-6-11(15)10(12)2/h4,6-7,13H,3,5,8-9H2,1-2H3,(H,16,17). The molecule has 0 saturated carbocycles. The normalized spacial score (nSPS) is 16.1. The topological polar surface area (TPSA) is 33.6 Å². The fourth-order valence-electron chi connectivity index (χ4n) is 2.01. The van der Waals surface area contributed by atoms with Crippen LogP contribution in [-0.4, -0.2) is 25.0 Å². The molecule has 0 spiro atoms. The molecular formula is C14H19ClN2O. The highest BCUT2D eigenvalue weighted by atomic mass is 35.5.